The first kappa shape index (κ1) is 23.4. The van der Waals surface area contributed by atoms with E-state index in [-0.39, 0.29) is 6.42 Å². The molecule has 0 aromatic carbocycles. The van der Waals surface area contributed by atoms with Crippen LogP contribution in [0.2, 0.25) is 0 Å². The lowest BCUT2D eigenvalue weighted by atomic mass is 10.1. The monoisotopic (exact) mass is 489 g/mol. The van der Waals surface area contributed by atoms with Crippen molar-refractivity contribution in [3.63, 3.8) is 0 Å². The number of nitrogens with one attached hydrogen (secondary N) is 1. The molecule has 0 bridgehead atoms. The number of hydrogen-bond acceptors (Lipinski definition) is 8. The molecule has 2 rings (SSSR count). The van der Waals surface area contributed by atoms with E-state index >= 15 is 0 Å². The Hall–Kier alpha value is -1.85. The van der Waals surface area contributed by atoms with Crippen LogP contribution in [0.3, 0.4) is 0 Å². The molecular formula is C18H26BrN4O5S+. The first-order chi connectivity index (χ1) is 13.5. The van der Waals surface area contributed by atoms with Gasteiger partial charge in [-0.2, -0.15) is 4.79 Å². The number of methoxy groups -OCH3 is 1. The average Bonchev–Trinajstić information content (AvgIpc) is 3.08. The maximum absolute atomic E-state index is 13.3. The van der Waals surface area contributed by atoms with E-state index in [4.69, 9.17) is 9.47 Å². The zero-order valence-corrected chi connectivity index (χ0v) is 19.3. The van der Waals surface area contributed by atoms with Gasteiger partial charge in [0.25, 0.3) is 0 Å². The van der Waals surface area contributed by atoms with Crippen LogP contribution in [0.25, 0.3) is 0 Å². The summed E-state index contributed by atoms with van der Waals surface area (Å²) in [7, 11) is 1.30. The largest absolute Gasteiger partial charge is 0.597 e. The van der Waals surface area contributed by atoms with Crippen molar-refractivity contribution in [2.24, 2.45) is 0 Å². The Labute approximate surface area is 182 Å². The minimum Gasteiger partial charge on any atom is -0.468 e. The molecule has 0 aliphatic carbocycles. The van der Waals surface area contributed by atoms with Crippen molar-refractivity contribution in [2.45, 2.75) is 57.7 Å². The van der Waals surface area contributed by atoms with Crippen molar-refractivity contribution in [1.82, 2.24) is 15.4 Å². The summed E-state index contributed by atoms with van der Waals surface area (Å²) >= 11 is 4.66. The molecule has 0 unspecified atom stereocenters. The van der Waals surface area contributed by atoms with Crippen LogP contribution in [0.1, 0.15) is 38.6 Å². The minimum absolute atomic E-state index is 0.166. The molecule has 1 aromatic heterocycles. The van der Waals surface area contributed by atoms with E-state index in [1.807, 2.05) is 0 Å². The molecule has 1 aliphatic heterocycles. The number of esters is 1. The fraction of sp³-hybridized carbons (Fsp3) is 0.611. The summed E-state index contributed by atoms with van der Waals surface area (Å²) in [6, 6.07) is -1.57. The number of halogens is 1. The molecule has 9 nitrogen and oxygen atoms in total. The van der Waals surface area contributed by atoms with Crippen molar-refractivity contribution < 1.29 is 28.4 Å². The first-order valence-corrected chi connectivity index (χ1v) is 10.8. The highest BCUT2D eigenvalue weighted by Gasteiger charge is 2.41. The molecule has 11 heteroatoms. The zero-order chi connectivity index (χ0) is 21.8. The van der Waals surface area contributed by atoms with Gasteiger partial charge in [0.05, 0.1) is 13.5 Å². The van der Waals surface area contributed by atoms with Crippen LogP contribution in [0, 0.1) is 0 Å². The number of nitrogens with zero attached hydrogens (tertiary/aromatic N) is 3. The number of amides is 2. The Morgan fingerprint density at radius 1 is 1.48 bits per heavy atom. The Balaban J connectivity index is 2.23. The summed E-state index contributed by atoms with van der Waals surface area (Å²) in [5, 5.41) is 3.81. The van der Waals surface area contributed by atoms with Crippen LogP contribution < -0.4 is 5.43 Å². The molecule has 1 aliphatic rings. The minimum atomic E-state index is -0.952. The molecule has 2 heterocycles. The van der Waals surface area contributed by atoms with Crippen molar-refractivity contribution >= 4 is 52.0 Å². The van der Waals surface area contributed by atoms with Crippen LogP contribution in [0.15, 0.2) is 9.98 Å². The zero-order valence-electron chi connectivity index (χ0n) is 16.9. The fourth-order valence-corrected chi connectivity index (χ4v) is 4.07. The number of ether oxygens (including phenoxy) is 2. The summed E-state index contributed by atoms with van der Waals surface area (Å²) in [6.07, 6.45) is 0.630. The highest BCUT2D eigenvalue weighted by Crippen LogP contribution is 2.20. The van der Waals surface area contributed by atoms with Gasteiger partial charge in [0.15, 0.2) is 0 Å². The van der Waals surface area contributed by atoms with E-state index in [9.17, 15) is 14.4 Å². The third-order valence-corrected chi connectivity index (χ3v) is 5.70. The molecule has 160 valence electrons. The predicted octanol–water partition coefficient (Wildman–Crippen LogP) is 2.13. The molecule has 1 aromatic rings. The van der Waals surface area contributed by atoms with Gasteiger partial charge in [-0.3, -0.25) is 14.6 Å². The predicted molar refractivity (Wildman–Crippen MR) is 111 cm³/mol. The van der Waals surface area contributed by atoms with Crippen LogP contribution in [0.4, 0.5) is 4.79 Å². The lowest BCUT2D eigenvalue weighted by molar-refractivity contribution is -0.471. The van der Waals surface area contributed by atoms with Crippen LogP contribution in [-0.2, 0) is 25.5 Å². The quantitative estimate of drug-likeness (QED) is 0.384. The van der Waals surface area contributed by atoms with Gasteiger partial charge in [-0.15, -0.1) is 15.9 Å². The summed E-state index contributed by atoms with van der Waals surface area (Å²) < 4.78 is 11.8. The third-order valence-electron chi connectivity index (χ3n) is 4.12. The number of hydrazine groups is 1. The summed E-state index contributed by atoms with van der Waals surface area (Å²) in [5.74, 6) is -0.840. The lowest BCUT2D eigenvalue weighted by Gasteiger charge is -2.33. The van der Waals surface area contributed by atoms with Gasteiger partial charge in [0.1, 0.15) is 28.0 Å². The Kier molecular flexibility index (Phi) is 7.89. The molecule has 1 saturated heterocycles. The first-order valence-electron chi connectivity index (χ1n) is 9.10. The van der Waals surface area contributed by atoms with Gasteiger partial charge in [0.2, 0.25) is 6.04 Å². The van der Waals surface area contributed by atoms with Gasteiger partial charge >= 0.3 is 18.0 Å². The summed E-state index contributed by atoms with van der Waals surface area (Å²) in [4.78, 5) is 42.0. The van der Waals surface area contributed by atoms with E-state index in [1.165, 1.54) is 23.5 Å². The van der Waals surface area contributed by atoms with Crippen LogP contribution >= 0.6 is 27.3 Å². The summed E-state index contributed by atoms with van der Waals surface area (Å²) in [6.45, 7) is 9.37. The number of rotatable bonds is 5. The smallest absolute Gasteiger partial charge is 0.468 e. The molecule has 1 N–H and O–H groups in total. The number of carbonyl (C=O) groups excluding carboxylic acids is 3. The fourth-order valence-electron chi connectivity index (χ4n) is 2.76. The molecule has 0 spiro atoms. The second kappa shape index (κ2) is 9.77. The van der Waals surface area contributed by atoms with E-state index < -0.39 is 35.7 Å². The van der Waals surface area contributed by atoms with Crippen molar-refractivity contribution in [3.05, 3.63) is 15.0 Å². The second-order valence-corrected chi connectivity index (χ2v) is 9.33. The molecular weight excluding hydrogens is 464 g/mol. The number of thiazole rings is 1. The number of hydrogen-bond donors (Lipinski definition) is 1. The maximum Gasteiger partial charge on any atom is 0.597 e. The normalized spacial score (nSPS) is 18.1. The highest BCUT2D eigenvalue weighted by molar-refractivity contribution is 9.10. The van der Waals surface area contributed by atoms with Crippen LogP contribution in [0.5, 0.6) is 0 Å². The van der Waals surface area contributed by atoms with E-state index in [1.54, 1.807) is 26.2 Å². The van der Waals surface area contributed by atoms with E-state index in [2.05, 4.69) is 33.1 Å². The Morgan fingerprint density at radius 3 is 2.72 bits per heavy atom. The molecule has 1 fully saturated rings. The van der Waals surface area contributed by atoms with Crippen molar-refractivity contribution in [1.29, 1.82) is 0 Å². The Bertz CT molecular complexity index is 791. The maximum atomic E-state index is 13.3. The SMILES string of the molecule is C=[N+](C(=O)OC(C)(C)C)[C@@H](Cc1nc(Br)cs1)C(=O)N1CCC[C@@H](C(=O)OC)N1. The molecule has 0 radical (unpaired) electrons. The average molecular weight is 490 g/mol. The van der Waals surface area contributed by atoms with E-state index in [0.717, 1.165) is 4.58 Å². The number of carbonyl (C=O) groups is 3. The summed E-state index contributed by atoms with van der Waals surface area (Å²) in [5.41, 5.74) is 2.16. The van der Waals surface area contributed by atoms with Gasteiger partial charge in [-0.05, 0) is 49.5 Å². The third kappa shape index (κ3) is 6.58. The van der Waals surface area contributed by atoms with Gasteiger partial charge in [0, 0.05) is 11.9 Å². The number of aromatic nitrogens is 1. The van der Waals surface area contributed by atoms with Crippen LogP contribution in [-0.4, -0.2) is 70.6 Å². The topological polar surface area (TPSA) is 101 Å². The van der Waals surface area contributed by atoms with Crippen molar-refractivity contribution in [3.8, 4) is 0 Å². The molecule has 2 atom stereocenters. The van der Waals surface area contributed by atoms with Crippen molar-refractivity contribution in [2.75, 3.05) is 13.7 Å². The van der Waals surface area contributed by atoms with Gasteiger partial charge in [-0.25, -0.2) is 10.4 Å². The standard InChI is InChI=1S/C18H26BrN4O5S/c1-18(2,3)28-17(26)22(4)12(9-14-20-13(19)10-29-14)15(24)23-8-6-7-11(21-23)16(25)27-5/h10-12,21H,4,6-9H2,1-3,5H3/q+1/t11-,12-/m0/s1. The van der Waals surface area contributed by atoms with E-state index in [0.29, 0.717) is 29.0 Å². The molecule has 0 saturated carbocycles. The second-order valence-electron chi connectivity index (χ2n) is 7.57. The molecule has 2 amide bonds. The lowest BCUT2D eigenvalue weighted by Crippen LogP contribution is -2.59. The van der Waals surface area contributed by atoms with Gasteiger partial charge < -0.3 is 9.47 Å². The van der Waals surface area contributed by atoms with Gasteiger partial charge in [-0.1, -0.05) is 0 Å². The highest BCUT2D eigenvalue weighted by atomic mass is 79.9. The Morgan fingerprint density at radius 2 is 2.17 bits per heavy atom. The molecule has 29 heavy (non-hydrogen) atoms.